The van der Waals surface area contributed by atoms with Gasteiger partial charge in [0.05, 0.1) is 17.6 Å². The summed E-state index contributed by atoms with van der Waals surface area (Å²) in [6, 6.07) is 4.73. The molecule has 18 heavy (non-hydrogen) atoms. The molecule has 3 N–H and O–H groups in total. The molecule has 2 rings (SSSR count). The molecule has 1 amide bonds. The molecule has 0 aliphatic heterocycles. The minimum atomic E-state index is -1.07. The van der Waals surface area contributed by atoms with Gasteiger partial charge in [-0.2, -0.15) is 0 Å². The standard InChI is InChI=1S/C10H10N4O4/c11-10(17)18-5-4-14-7-3-1-2-6(9(15)16)8(7)12-13-14/h1-3H,4-5H2,(H2,11,17)(H,15,16). The Hall–Kier alpha value is -2.64. The molecule has 0 aliphatic carbocycles. The van der Waals surface area contributed by atoms with Gasteiger partial charge in [0.25, 0.3) is 0 Å². The Morgan fingerprint density at radius 1 is 1.44 bits per heavy atom. The highest BCUT2D eigenvalue weighted by molar-refractivity contribution is 6.00. The van der Waals surface area contributed by atoms with Crippen LogP contribution in [0.1, 0.15) is 10.4 Å². The van der Waals surface area contributed by atoms with Crippen LogP contribution in [0.3, 0.4) is 0 Å². The van der Waals surface area contributed by atoms with Crippen LogP contribution in [-0.4, -0.2) is 38.8 Å². The molecular weight excluding hydrogens is 240 g/mol. The van der Waals surface area contributed by atoms with Gasteiger partial charge in [0, 0.05) is 0 Å². The lowest BCUT2D eigenvalue weighted by Gasteiger charge is -2.02. The second-order valence-corrected chi connectivity index (χ2v) is 3.46. The number of carbonyl (C=O) groups excluding carboxylic acids is 1. The smallest absolute Gasteiger partial charge is 0.404 e. The Morgan fingerprint density at radius 2 is 2.22 bits per heavy atom. The third-order valence-electron chi connectivity index (χ3n) is 2.32. The fourth-order valence-electron chi connectivity index (χ4n) is 1.56. The number of fused-ring (bicyclic) bond motifs is 1. The maximum absolute atomic E-state index is 11.0. The van der Waals surface area contributed by atoms with E-state index >= 15 is 0 Å². The summed E-state index contributed by atoms with van der Waals surface area (Å²) in [5.41, 5.74) is 5.76. The fraction of sp³-hybridized carbons (Fsp3) is 0.200. The summed E-state index contributed by atoms with van der Waals surface area (Å²) in [6.45, 7) is 0.299. The molecule has 0 fully saturated rings. The van der Waals surface area contributed by atoms with Crippen LogP contribution in [-0.2, 0) is 11.3 Å². The Morgan fingerprint density at radius 3 is 2.89 bits per heavy atom. The van der Waals surface area contributed by atoms with E-state index in [1.807, 2.05) is 0 Å². The Balaban J connectivity index is 2.28. The van der Waals surface area contributed by atoms with Crippen molar-refractivity contribution in [1.82, 2.24) is 15.0 Å². The SMILES string of the molecule is NC(=O)OCCn1nnc2c(C(=O)O)cccc21. The number of hydrogen-bond donors (Lipinski definition) is 2. The molecule has 8 heteroatoms. The second-order valence-electron chi connectivity index (χ2n) is 3.46. The van der Waals surface area contributed by atoms with Crippen LogP contribution in [0, 0.1) is 0 Å². The van der Waals surface area contributed by atoms with Gasteiger partial charge in [-0.15, -0.1) is 5.10 Å². The van der Waals surface area contributed by atoms with E-state index in [1.165, 1.54) is 10.7 Å². The highest BCUT2D eigenvalue weighted by atomic mass is 16.5. The highest BCUT2D eigenvalue weighted by Crippen LogP contribution is 2.15. The van der Waals surface area contributed by atoms with Crippen molar-refractivity contribution < 1.29 is 19.4 Å². The molecule has 0 unspecified atom stereocenters. The number of primary amides is 1. The van der Waals surface area contributed by atoms with Crippen molar-refractivity contribution in [1.29, 1.82) is 0 Å². The minimum Gasteiger partial charge on any atom is -0.478 e. The van der Waals surface area contributed by atoms with E-state index in [0.717, 1.165) is 0 Å². The summed E-state index contributed by atoms with van der Waals surface area (Å²) in [5.74, 6) is -1.07. The molecule has 0 saturated heterocycles. The van der Waals surface area contributed by atoms with Crippen LogP contribution in [0.25, 0.3) is 11.0 Å². The second kappa shape index (κ2) is 4.70. The van der Waals surface area contributed by atoms with Gasteiger partial charge in [0.2, 0.25) is 0 Å². The monoisotopic (exact) mass is 250 g/mol. The molecule has 0 bridgehead atoms. The summed E-state index contributed by atoms with van der Waals surface area (Å²) in [4.78, 5) is 21.4. The molecule has 0 spiro atoms. The van der Waals surface area contributed by atoms with Gasteiger partial charge in [0.1, 0.15) is 12.1 Å². The van der Waals surface area contributed by atoms with E-state index in [-0.39, 0.29) is 18.7 Å². The molecule has 0 saturated carbocycles. The van der Waals surface area contributed by atoms with Crippen molar-refractivity contribution in [3.05, 3.63) is 23.8 Å². The van der Waals surface area contributed by atoms with Crippen LogP contribution in [0.4, 0.5) is 4.79 Å². The van der Waals surface area contributed by atoms with Crippen molar-refractivity contribution in [3.8, 4) is 0 Å². The van der Waals surface area contributed by atoms with Crippen LogP contribution >= 0.6 is 0 Å². The summed E-state index contributed by atoms with van der Waals surface area (Å²) >= 11 is 0. The topological polar surface area (TPSA) is 120 Å². The number of carbonyl (C=O) groups is 2. The zero-order valence-electron chi connectivity index (χ0n) is 9.24. The quantitative estimate of drug-likeness (QED) is 0.800. The van der Waals surface area contributed by atoms with Gasteiger partial charge in [-0.1, -0.05) is 11.3 Å². The van der Waals surface area contributed by atoms with Gasteiger partial charge >= 0.3 is 12.1 Å². The number of hydrogen-bond acceptors (Lipinski definition) is 5. The Bertz CT molecular complexity index is 607. The molecular formula is C10H10N4O4. The third-order valence-corrected chi connectivity index (χ3v) is 2.32. The van der Waals surface area contributed by atoms with Crippen molar-refractivity contribution in [2.24, 2.45) is 5.73 Å². The highest BCUT2D eigenvalue weighted by Gasteiger charge is 2.13. The molecule has 94 valence electrons. The number of nitrogens with two attached hydrogens (primary N) is 1. The number of rotatable bonds is 4. The maximum atomic E-state index is 11.0. The van der Waals surface area contributed by atoms with Crippen LogP contribution in [0.2, 0.25) is 0 Å². The lowest BCUT2D eigenvalue weighted by Crippen LogP contribution is -2.17. The van der Waals surface area contributed by atoms with Gasteiger partial charge in [-0.05, 0) is 12.1 Å². The molecule has 0 atom stereocenters. The number of ether oxygens (including phenoxy) is 1. The van der Waals surface area contributed by atoms with Crippen LogP contribution < -0.4 is 5.73 Å². The van der Waals surface area contributed by atoms with Crippen molar-refractivity contribution >= 4 is 23.1 Å². The first-order valence-corrected chi connectivity index (χ1v) is 5.07. The maximum Gasteiger partial charge on any atom is 0.404 e. The summed E-state index contributed by atoms with van der Waals surface area (Å²) in [7, 11) is 0. The zero-order valence-corrected chi connectivity index (χ0v) is 9.24. The Kier molecular flexibility index (Phi) is 3.09. The summed E-state index contributed by atoms with van der Waals surface area (Å²) in [6.07, 6.45) is -0.870. The largest absolute Gasteiger partial charge is 0.478 e. The average molecular weight is 250 g/mol. The van der Waals surface area contributed by atoms with Crippen LogP contribution in [0.5, 0.6) is 0 Å². The number of aromatic nitrogens is 3. The zero-order chi connectivity index (χ0) is 13.1. The molecule has 8 nitrogen and oxygen atoms in total. The van der Waals surface area contributed by atoms with E-state index in [4.69, 9.17) is 10.8 Å². The number of carboxylic acids is 1. The molecule has 0 aliphatic rings. The van der Waals surface area contributed by atoms with Crippen molar-refractivity contribution in [2.45, 2.75) is 6.54 Å². The predicted octanol–water partition coefficient (Wildman–Crippen LogP) is 0.225. The average Bonchev–Trinajstić information content (AvgIpc) is 2.72. The number of aromatic carboxylic acids is 1. The van der Waals surface area contributed by atoms with Gasteiger partial charge in [-0.3, -0.25) is 0 Å². The summed E-state index contributed by atoms with van der Waals surface area (Å²) in [5, 5.41) is 16.6. The summed E-state index contributed by atoms with van der Waals surface area (Å²) < 4.78 is 6.02. The predicted molar refractivity (Wildman–Crippen MR) is 60.0 cm³/mol. The Labute approximate surface area is 101 Å². The third kappa shape index (κ3) is 2.21. The molecule has 0 radical (unpaired) electrons. The number of benzene rings is 1. The van der Waals surface area contributed by atoms with Gasteiger partial charge in [-0.25, -0.2) is 14.3 Å². The first-order valence-electron chi connectivity index (χ1n) is 5.07. The van der Waals surface area contributed by atoms with Crippen molar-refractivity contribution in [3.63, 3.8) is 0 Å². The fourth-order valence-corrected chi connectivity index (χ4v) is 1.56. The first kappa shape index (κ1) is 11.8. The lowest BCUT2D eigenvalue weighted by molar-refractivity contribution is 0.0698. The molecule has 1 aromatic carbocycles. The molecule has 1 aromatic heterocycles. The van der Waals surface area contributed by atoms with E-state index in [0.29, 0.717) is 11.0 Å². The number of carboxylic acid groups (broad SMARTS) is 1. The first-order chi connectivity index (χ1) is 8.59. The molecule has 1 heterocycles. The van der Waals surface area contributed by atoms with E-state index in [1.54, 1.807) is 12.1 Å². The van der Waals surface area contributed by atoms with E-state index in [2.05, 4.69) is 15.0 Å². The lowest BCUT2D eigenvalue weighted by atomic mass is 10.2. The minimum absolute atomic E-state index is 0.0467. The number of amides is 1. The van der Waals surface area contributed by atoms with Gasteiger partial charge < -0.3 is 15.6 Å². The van der Waals surface area contributed by atoms with E-state index < -0.39 is 12.1 Å². The normalized spacial score (nSPS) is 10.4. The number of nitrogens with zero attached hydrogens (tertiary/aromatic N) is 3. The van der Waals surface area contributed by atoms with E-state index in [9.17, 15) is 9.59 Å². The van der Waals surface area contributed by atoms with Crippen molar-refractivity contribution in [2.75, 3.05) is 6.61 Å². The van der Waals surface area contributed by atoms with Crippen LogP contribution in [0.15, 0.2) is 18.2 Å². The van der Waals surface area contributed by atoms with Gasteiger partial charge in [0.15, 0.2) is 0 Å². The molecule has 2 aromatic rings.